The molecule has 5 nitrogen and oxygen atoms in total. The van der Waals surface area contributed by atoms with Crippen LogP contribution in [0, 0.1) is 0 Å². The molecule has 1 heterocycles. The van der Waals surface area contributed by atoms with Gasteiger partial charge in [-0.15, -0.1) is 0 Å². The average molecular weight is 229 g/mol. The largest absolute Gasteiger partial charge is 0.377 e. The van der Waals surface area contributed by atoms with E-state index in [2.05, 4.69) is 17.2 Å². The molecule has 0 aromatic heterocycles. The fourth-order valence-electron chi connectivity index (χ4n) is 2.23. The van der Waals surface area contributed by atoms with E-state index in [1.807, 2.05) is 6.92 Å². The Labute approximate surface area is 97.3 Å². The third kappa shape index (κ3) is 3.43. The standard InChI is InChI=1S/C11H23N3O2/c1-3-10(11(15)13-12)14(4-2)8-9-6-5-7-16-9/h9-10H,3-8,12H2,1-2H3,(H,13,15). The summed E-state index contributed by atoms with van der Waals surface area (Å²) in [6.45, 7) is 6.57. The van der Waals surface area contributed by atoms with Gasteiger partial charge in [0.2, 0.25) is 0 Å². The van der Waals surface area contributed by atoms with Crippen LogP contribution in [0.2, 0.25) is 0 Å². The molecule has 0 radical (unpaired) electrons. The van der Waals surface area contributed by atoms with E-state index < -0.39 is 0 Å². The minimum absolute atomic E-state index is 0.109. The molecule has 1 aliphatic heterocycles. The molecule has 2 unspecified atom stereocenters. The first-order valence-electron chi connectivity index (χ1n) is 6.09. The number of likely N-dealkylation sites (N-methyl/N-ethyl adjacent to an activating group) is 1. The summed E-state index contributed by atoms with van der Waals surface area (Å²) in [6, 6.07) is -0.140. The van der Waals surface area contributed by atoms with E-state index in [1.54, 1.807) is 0 Å². The SMILES string of the molecule is CCC(C(=O)NN)N(CC)CC1CCCO1. The van der Waals surface area contributed by atoms with Gasteiger partial charge in [-0.1, -0.05) is 13.8 Å². The van der Waals surface area contributed by atoms with Crippen molar-refractivity contribution in [2.24, 2.45) is 5.84 Å². The van der Waals surface area contributed by atoms with Gasteiger partial charge in [0.1, 0.15) is 0 Å². The van der Waals surface area contributed by atoms with Gasteiger partial charge in [0.15, 0.2) is 0 Å². The third-order valence-electron chi connectivity index (χ3n) is 3.14. The van der Waals surface area contributed by atoms with Gasteiger partial charge in [-0.05, 0) is 25.8 Å². The summed E-state index contributed by atoms with van der Waals surface area (Å²) in [7, 11) is 0. The van der Waals surface area contributed by atoms with Crippen LogP contribution in [0.1, 0.15) is 33.1 Å². The number of nitrogens with two attached hydrogens (primary N) is 1. The fourth-order valence-corrected chi connectivity index (χ4v) is 2.23. The van der Waals surface area contributed by atoms with Crippen LogP contribution in [0.4, 0.5) is 0 Å². The highest BCUT2D eigenvalue weighted by atomic mass is 16.5. The molecular formula is C11H23N3O2. The highest BCUT2D eigenvalue weighted by molar-refractivity contribution is 5.81. The Bertz CT molecular complexity index is 217. The molecule has 1 aliphatic rings. The van der Waals surface area contributed by atoms with E-state index in [9.17, 15) is 4.79 Å². The number of carbonyl (C=O) groups is 1. The first-order valence-corrected chi connectivity index (χ1v) is 6.09. The predicted molar refractivity (Wildman–Crippen MR) is 62.6 cm³/mol. The molecule has 1 saturated heterocycles. The van der Waals surface area contributed by atoms with E-state index >= 15 is 0 Å². The van der Waals surface area contributed by atoms with Crippen LogP contribution < -0.4 is 11.3 Å². The molecule has 2 atom stereocenters. The molecule has 0 bridgehead atoms. The quantitative estimate of drug-likeness (QED) is 0.389. The molecule has 1 fully saturated rings. The van der Waals surface area contributed by atoms with Crippen molar-refractivity contribution < 1.29 is 9.53 Å². The molecule has 16 heavy (non-hydrogen) atoms. The maximum atomic E-state index is 11.6. The number of amides is 1. The summed E-state index contributed by atoms with van der Waals surface area (Å²) in [5.41, 5.74) is 2.23. The molecule has 0 aliphatic carbocycles. The highest BCUT2D eigenvalue weighted by Gasteiger charge is 2.26. The number of nitrogens with one attached hydrogen (secondary N) is 1. The third-order valence-corrected chi connectivity index (χ3v) is 3.14. The topological polar surface area (TPSA) is 67.6 Å². The van der Waals surface area contributed by atoms with Crippen molar-refractivity contribution in [1.82, 2.24) is 10.3 Å². The number of rotatable bonds is 6. The van der Waals surface area contributed by atoms with Gasteiger partial charge in [0, 0.05) is 13.2 Å². The predicted octanol–water partition coefficient (Wildman–Crippen LogP) is 0.256. The van der Waals surface area contributed by atoms with Gasteiger partial charge in [-0.3, -0.25) is 15.1 Å². The number of ether oxygens (including phenoxy) is 1. The summed E-state index contributed by atoms with van der Waals surface area (Å²) >= 11 is 0. The Balaban J connectivity index is 2.52. The van der Waals surface area contributed by atoms with E-state index in [0.29, 0.717) is 0 Å². The Hall–Kier alpha value is -0.650. The zero-order chi connectivity index (χ0) is 12.0. The maximum absolute atomic E-state index is 11.6. The summed E-state index contributed by atoms with van der Waals surface area (Å²) < 4.78 is 5.59. The second kappa shape index (κ2) is 6.83. The maximum Gasteiger partial charge on any atom is 0.251 e. The first kappa shape index (κ1) is 13.4. The first-order chi connectivity index (χ1) is 7.72. The Kier molecular flexibility index (Phi) is 5.73. The average Bonchev–Trinajstić information content (AvgIpc) is 2.81. The molecule has 0 aromatic rings. The van der Waals surface area contributed by atoms with E-state index in [4.69, 9.17) is 10.6 Å². The van der Waals surface area contributed by atoms with Gasteiger partial charge < -0.3 is 4.74 Å². The fraction of sp³-hybridized carbons (Fsp3) is 0.909. The lowest BCUT2D eigenvalue weighted by Gasteiger charge is -2.30. The van der Waals surface area contributed by atoms with Gasteiger partial charge in [0.25, 0.3) is 5.91 Å². The Morgan fingerprint density at radius 3 is 2.81 bits per heavy atom. The zero-order valence-corrected chi connectivity index (χ0v) is 10.2. The molecule has 3 N–H and O–H groups in total. The second-order valence-corrected chi connectivity index (χ2v) is 4.16. The van der Waals surface area contributed by atoms with E-state index in [-0.39, 0.29) is 18.1 Å². The minimum Gasteiger partial charge on any atom is -0.377 e. The number of carbonyl (C=O) groups excluding carboxylic acids is 1. The van der Waals surface area contributed by atoms with Crippen molar-refractivity contribution in [3.63, 3.8) is 0 Å². The summed E-state index contributed by atoms with van der Waals surface area (Å²) in [5, 5.41) is 0. The molecule has 94 valence electrons. The summed E-state index contributed by atoms with van der Waals surface area (Å²) in [6.07, 6.45) is 3.27. The van der Waals surface area contributed by atoms with Gasteiger partial charge in [-0.25, -0.2) is 5.84 Å². The van der Waals surface area contributed by atoms with Crippen LogP contribution in [0.15, 0.2) is 0 Å². The lowest BCUT2D eigenvalue weighted by atomic mass is 10.1. The van der Waals surface area contributed by atoms with Crippen LogP contribution in [0.25, 0.3) is 0 Å². The van der Waals surface area contributed by atoms with Crippen LogP contribution in [-0.4, -0.2) is 42.6 Å². The summed E-state index contributed by atoms with van der Waals surface area (Å²) in [5.74, 6) is 5.08. The molecule has 5 heteroatoms. The van der Waals surface area contributed by atoms with Crippen molar-refractivity contribution in [1.29, 1.82) is 0 Å². The molecule has 1 rings (SSSR count). The minimum atomic E-state index is -0.140. The lowest BCUT2D eigenvalue weighted by molar-refractivity contribution is -0.127. The monoisotopic (exact) mass is 229 g/mol. The van der Waals surface area contributed by atoms with Crippen molar-refractivity contribution in [3.05, 3.63) is 0 Å². The Morgan fingerprint density at radius 2 is 2.38 bits per heavy atom. The zero-order valence-electron chi connectivity index (χ0n) is 10.2. The summed E-state index contributed by atoms with van der Waals surface area (Å²) in [4.78, 5) is 13.7. The highest BCUT2D eigenvalue weighted by Crippen LogP contribution is 2.15. The number of hydrogen-bond donors (Lipinski definition) is 2. The van der Waals surface area contributed by atoms with Crippen molar-refractivity contribution >= 4 is 5.91 Å². The molecule has 0 saturated carbocycles. The van der Waals surface area contributed by atoms with E-state index in [1.165, 1.54) is 0 Å². The van der Waals surface area contributed by atoms with Crippen LogP contribution in [0.5, 0.6) is 0 Å². The lowest BCUT2D eigenvalue weighted by Crippen LogP contribution is -2.50. The van der Waals surface area contributed by atoms with Gasteiger partial charge in [0.05, 0.1) is 12.1 Å². The molecule has 0 spiro atoms. The van der Waals surface area contributed by atoms with Crippen molar-refractivity contribution in [2.45, 2.75) is 45.3 Å². The van der Waals surface area contributed by atoms with Gasteiger partial charge >= 0.3 is 0 Å². The smallest absolute Gasteiger partial charge is 0.251 e. The number of hydrogen-bond acceptors (Lipinski definition) is 4. The Morgan fingerprint density at radius 1 is 1.62 bits per heavy atom. The van der Waals surface area contributed by atoms with Crippen LogP contribution in [0.3, 0.4) is 0 Å². The van der Waals surface area contributed by atoms with Crippen LogP contribution >= 0.6 is 0 Å². The van der Waals surface area contributed by atoms with E-state index in [0.717, 1.165) is 39.0 Å². The normalized spacial score (nSPS) is 22.4. The number of hydrazine groups is 1. The molecule has 1 amide bonds. The second-order valence-electron chi connectivity index (χ2n) is 4.16. The van der Waals surface area contributed by atoms with Crippen molar-refractivity contribution in [2.75, 3.05) is 19.7 Å². The molecular weight excluding hydrogens is 206 g/mol. The number of nitrogens with zero attached hydrogens (tertiary/aromatic N) is 1. The molecule has 0 aromatic carbocycles. The van der Waals surface area contributed by atoms with Crippen molar-refractivity contribution in [3.8, 4) is 0 Å². The van der Waals surface area contributed by atoms with Gasteiger partial charge in [-0.2, -0.15) is 0 Å². The van der Waals surface area contributed by atoms with Crippen LogP contribution in [-0.2, 0) is 9.53 Å².